The summed E-state index contributed by atoms with van der Waals surface area (Å²) in [5, 5.41) is 0. The monoisotopic (exact) mass is 284 g/mol. The Morgan fingerprint density at radius 1 is 1.24 bits per heavy atom. The molecule has 2 N–H and O–H groups in total. The molecule has 0 spiro atoms. The van der Waals surface area contributed by atoms with Crippen molar-refractivity contribution in [3.63, 3.8) is 0 Å². The fourth-order valence-corrected chi connectivity index (χ4v) is 2.17. The number of carbonyl (C=O) groups is 1. The van der Waals surface area contributed by atoms with Crippen LogP contribution in [0, 0.1) is 6.92 Å². The highest BCUT2D eigenvalue weighted by atomic mass is 16.5. The molecule has 0 aliphatic carbocycles. The van der Waals surface area contributed by atoms with Gasteiger partial charge in [-0.15, -0.1) is 0 Å². The minimum absolute atomic E-state index is 0.116. The van der Waals surface area contributed by atoms with Gasteiger partial charge in [-0.1, -0.05) is 24.3 Å². The smallest absolute Gasteiger partial charge is 0.256 e. The Hall–Kier alpha value is -2.49. The van der Waals surface area contributed by atoms with Crippen LogP contribution in [0.25, 0.3) is 0 Å². The van der Waals surface area contributed by atoms with Gasteiger partial charge in [0.25, 0.3) is 5.91 Å². The lowest BCUT2D eigenvalue weighted by molar-refractivity contribution is 0.0785. The molecule has 2 aromatic rings. The number of rotatable bonds is 4. The molecule has 0 saturated carbocycles. The van der Waals surface area contributed by atoms with Crippen LogP contribution in [-0.4, -0.2) is 25.0 Å². The number of nitrogens with zero attached hydrogens (tertiary/aromatic N) is 1. The van der Waals surface area contributed by atoms with Crippen molar-refractivity contribution in [3.05, 3.63) is 59.2 Å². The quantitative estimate of drug-likeness (QED) is 0.878. The summed E-state index contributed by atoms with van der Waals surface area (Å²) in [6, 6.07) is 13.1. The first kappa shape index (κ1) is 14.9. The van der Waals surface area contributed by atoms with Gasteiger partial charge >= 0.3 is 0 Å². The van der Waals surface area contributed by atoms with Gasteiger partial charge < -0.3 is 15.4 Å². The third-order valence-electron chi connectivity index (χ3n) is 3.51. The number of aryl methyl sites for hydroxylation is 1. The molecule has 4 heteroatoms. The number of methoxy groups -OCH3 is 1. The minimum atomic E-state index is -0.116. The van der Waals surface area contributed by atoms with Gasteiger partial charge in [0.2, 0.25) is 0 Å². The van der Waals surface area contributed by atoms with Crippen LogP contribution in [0.2, 0.25) is 0 Å². The van der Waals surface area contributed by atoms with E-state index in [1.807, 2.05) is 31.2 Å². The van der Waals surface area contributed by atoms with Crippen LogP contribution in [0.5, 0.6) is 5.75 Å². The number of carbonyl (C=O) groups excluding carboxylic acids is 1. The lowest BCUT2D eigenvalue weighted by Gasteiger charge is -2.19. The van der Waals surface area contributed by atoms with Gasteiger partial charge in [0, 0.05) is 19.3 Å². The Kier molecular flexibility index (Phi) is 4.48. The molecule has 1 amide bonds. The zero-order valence-corrected chi connectivity index (χ0v) is 12.6. The predicted molar refractivity (Wildman–Crippen MR) is 84.4 cm³/mol. The van der Waals surface area contributed by atoms with E-state index in [9.17, 15) is 4.79 Å². The summed E-state index contributed by atoms with van der Waals surface area (Å²) >= 11 is 0. The fraction of sp³-hybridized carbons (Fsp3) is 0.235. The Labute approximate surface area is 125 Å². The van der Waals surface area contributed by atoms with Crippen LogP contribution >= 0.6 is 0 Å². The Bertz CT molecular complexity index is 653. The Morgan fingerprint density at radius 2 is 1.95 bits per heavy atom. The normalized spacial score (nSPS) is 10.2. The Morgan fingerprint density at radius 3 is 2.62 bits per heavy atom. The van der Waals surface area contributed by atoms with Crippen molar-refractivity contribution in [1.29, 1.82) is 0 Å². The zero-order valence-electron chi connectivity index (χ0n) is 12.6. The molecule has 0 atom stereocenters. The molecule has 0 bridgehead atoms. The van der Waals surface area contributed by atoms with Gasteiger partial charge in [-0.3, -0.25) is 4.79 Å². The van der Waals surface area contributed by atoms with E-state index in [4.69, 9.17) is 10.5 Å². The predicted octanol–water partition coefficient (Wildman–Crippen LogP) is 2.86. The molecule has 0 aliphatic heterocycles. The van der Waals surface area contributed by atoms with E-state index < -0.39 is 0 Å². The molecule has 110 valence electrons. The molecule has 4 nitrogen and oxygen atoms in total. The maximum Gasteiger partial charge on any atom is 0.256 e. The van der Waals surface area contributed by atoms with Gasteiger partial charge in [0.05, 0.1) is 12.7 Å². The van der Waals surface area contributed by atoms with Crippen molar-refractivity contribution in [2.24, 2.45) is 0 Å². The Balaban J connectivity index is 2.22. The lowest BCUT2D eigenvalue weighted by Crippen LogP contribution is -2.27. The van der Waals surface area contributed by atoms with Crippen LogP contribution in [0.15, 0.2) is 42.5 Å². The average molecular weight is 284 g/mol. The molecule has 0 unspecified atom stereocenters. The molecule has 0 saturated heterocycles. The second-order valence-electron chi connectivity index (χ2n) is 5.04. The van der Waals surface area contributed by atoms with Gasteiger partial charge in [0.1, 0.15) is 5.75 Å². The van der Waals surface area contributed by atoms with Crippen molar-refractivity contribution in [2.75, 3.05) is 19.9 Å². The number of nitrogen functional groups attached to an aromatic ring is 1. The van der Waals surface area contributed by atoms with Crippen LogP contribution in [0.3, 0.4) is 0 Å². The average Bonchev–Trinajstić information content (AvgIpc) is 2.49. The second kappa shape index (κ2) is 6.31. The van der Waals surface area contributed by atoms with E-state index in [1.165, 1.54) is 0 Å². The molecular formula is C17H20N2O2. The number of anilines is 1. The summed E-state index contributed by atoms with van der Waals surface area (Å²) in [5.41, 5.74) is 9.11. The lowest BCUT2D eigenvalue weighted by atomic mass is 10.1. The number of hydrogen-bond donors (Lipinski definition) is 1. The third kappa shape index (κ3) is 3.34. The summed E-state index contributed by atoms with van der Waals surface area (Å²) in [5.74, 6) is 0.506. The standard InChI is InChI=1S/C17H20N2O2/c1-12-6-4-5-7-13(12)11-19(2)17(20)15-10-14(21-3)8-9-16(15)18/h4-10H,11,18H2,1-3H3. The van der Waals surface area contributed by atoms with Crippen LogP contribution in [-0.2, 0) is 6.54 Å². The van der Waals surface area contributed by atoms with Crippen molar-refractivity contribution in [2.45, 2.75) is 13.5 Å². The molecule has 0 aromatic heterocycles. The van der Waals surface area contributed by atoms with Crippen molar-refractivity contribution < 1.29 is 9.53 Å². The summed E-state index contributed by atoms with van der Waals surface area (Å²) in [6.45, 7) is 2.58. The topological polar surface area (TPSA) is 55.6 Å². The first-order chi connectivity index (χ1) is 10.0. The SMILES string of the molecule is COc1ccc(N)c(C(=O)N(C)Cc2ccccc2C)c1. The fourth-order valence-electron chi connectivity index (χ4n) is 2.17. The molecule has 2 rings (SSSR count). The van der Waals surface area contributed by atoms with Gasteiger partial charge in [0.15, 0.2) is 0 Å². The minimum Gasteiger partial charge on any atom is -0.497 e. The summed E-state index contributed by atoms with van der Waals surface area (Å²) < 4.78 is 5.15. The summed E-state index contributed by atoms with van der Waals surface area (Å²) in [4.78, 5) is 14.2. The molecule has 2 aromatic carbocycles. The first-order valence-corrected chi connectivity index (χ1v) is 6.76. The highest BCUT2D eigenvalue weighted by Crippen LogP contribution is 2.21. The first-order valence-electron chi connectivity index (χ1n) is 6.76. The van der Waals surface area contributed by atoms with E-state index in [2.05, 4.69) is 0 Å². The summed E-state index contributed by atoms with van der Waals surface area (Å²) in [7, 11) is 3.34. The summed E-state index contributed by atoms with van der Waals surface area (Å²) in [6.07, 6.45) is 0. The highest BCUT2D eigenvalue weighted by molar-refractivity contribution is 5.99. The van der Waals surface area contributed by atoms with E-state index in [0.29, 0.717) is 23.5 Å². The number of amides is 1. The van der Waals surface area contributed by atoms with E-state index in [-0.39, 0.29) is 5.91 Å². The van der Waals surface area contributed by atoms with Crippen LogP contribution in [0.4, 0.5) is 5.69 Å². The number of nitrogens with two attached hydrogens (primary N) is 1. The molecule has 0 fully saturated rings. The van der Waals surface area contributed by atoms with Crippen molar-refractivity contribution >= 4 is 11.6 Å². The van der Waals surface area contributed by atoms with Crippen molar-refractivity contribution in [1.82, 2.24) is 4.90 Å². The maximum atomic E-state index is 12.5. The molecule has 0 radical (unpaired) electrons. The largest absolute Gasteiger partial charge is 0.497 e. The molecule has 21 heavy (non-hydrogen) atoms. The molecule has 0 heterocycles. The third-order valence-corrected chi connectivity index (χ3v) is 3.51. The second-order valence-corrected chi connectivity index (χ2v) is 5.04. The van der Waals surface area contributed by atoms with Gasteiger partial charge in [-0.2, -0.15) is 0 Å². The van der Waals surface area contributed by atoms with Crippen LogP contribution in [0.1, 0.15) is 21.5 Å². The van der Waals surface area contributed by atoms with E-state index in [1.54, 1.807) is 37.3 Å². The molecule has 0 aliphatic rings. The highest BCUT2D eigenvalue weighted by Gasteiger charge is 2.16. The maximum absolute atomic E-state index is 12.5. The van der Waals surface area contributed by atoms with E-state index in [0.717, 1.165) is 11.1 Å². The van der Waals surface area contributed by atoms with E-state index >= 15 is 0 Å². The van der Waals surface area contributed by atoms with Crippen LogP contribution < -0.4 is 10.5 Å². The number of ether oxygens (including phenoxy) is 1. The number of benzene rings is 2. The van der Waals surface area contributed by atoms with Gasteiger partial charge in [-0.25, -0.2) is 0 Å². The zero-order chi connectivity index (χ0) is 15.4. The van der Waals surface area contributed by atoms with Gasteiger partial charge in [-0.05, 0) is 36.2 Å². The van der Waals surface area contributed by atoms with Crippen molar-refractivity contribution in [3.8, 4) is 5.75 Å². The number of hydrogen-bond acceptors (Lipinski definition) is 3. The molecular weight excluding hydrogens is 264 g/mol.